The van der Waals surface area contributed by atoms with Crippen LogP contribution in [0.5, 0.6) is 0 Å². The number of rotatable bonds is 1. The van der Waals surface area contributed by atoms with Crippen LogP contribution < -0.4 is 5.32 Å². The fraction of sp³-hybridized carbons (Fsp3) is 0.200. The van der Waals surface area contributed by atoms with Gasteiger partial charge in [-0.3, -0.25) is 0 Å². The maximum atomic E-state index is 3.89. The van der Waals surface area contributed by atoms with Gasteiger partial charge in [-0.2, -0.15) is 0 Å². The summed E-state index contributed by atoms with van der Waals surface area (Å²) in [6, 6.07) is 0. The van der Waals surface area contributed by atoms with Crippen molar-refractivity contribution in [2.24, 2.45) is 0 Å². The predicted molar refractivity (Wildman–Crippen MR) is 35.1 cm³/mol. The molecule has 0 saturated heterocycles. The van der Waals surface area contributed by atoms with E-state index in [4.69, 9.17) is 0 Å². The molecule has 0 radical (unpaired) electrons. The van der Waals surface area contributed by atoms with Crippen LogP contribution in [0.3, 0.4) is 0 Å². The third kappa shape index (κ3) is 1.06. The molecule has 0 bridgehead atoms. The minimum atomic E-state index is 1.05. The van der Waals surface area contributed by atoms with Gasteiger partial charge in [0.05, 0.1) is 0 Å². The van der Waals surface area contributed by atoms with E-state index < -0.39 is 0 Å². The fourth-order valence-corrected chi connectivity index (χ4v) is 0.511. The molecule has 0 aliphatic rings. The Morgan fingerprint density at radius 3 is 3.00 bits per heavy atom. The summed E-state index contributed by atoms with van der Waals surface area (Å²) in [6.07, 6.45) is 3.53. The molecule has 0 amide bonds. The van der Waals surface area contributed by atoms with Crippen LogP contribution in [0.2, 0.25) is 0 Å². The van der Waals surface area contributed by atoms with E-state index in [1.165, 1.54) is 0 Å². The first kappa shape index (κ1) is 5.28. The van der Waals surface area contributed by atoms with Gasteiger partial charge < -0.3 is 0 Å². The van der Waals surface area contributed by atoms with E-state index in [2.05, 4.69) is 10.3 Å². The molecule has 1 heterocycles. The van der Waals surface area contributed by atoms with E-state index in [9.17, 15) is 0 Å². The second-order valence-corrected chi connectivity index (χ2v) is 1.49. The standard InChI is InChI=1S/C5H7BN2/c1-7-5-4-8-3-2-6-5/h2-4,7H,1H3. The summed E-state index contributed by atoms with van der Waals surface area (Å²) in [5.74, 6) is 1.89. The van der Waals surface area contributed by atoms with Crippen molar-refractivity contribution in [3.8, 4) is 0 Å². The molecule has 1 aromatic rings. The Morgan fingerprint density at radius 1 is 1.75 bits per heavy atom. The van der Waals surface area contributed by atoms with Crippen LogP contribution in [0.4, 0.5) is 5.58 Å². The number of hydrogen-bond acceptors (Lipinski definition) is 2. The van der Waals surface area contributed by atoms with E-state index in [0.29, 0.717) is 0 Å². The van der Waals surface area contributed by atoms with E-state index >= 15 is 0 Å². The van der Waals surface area contributed by atoms with Crippen molar-refractivity contribution in [2.45, 2.75) is 0 Å². The first-order chi connectivity index (χ1) is 3.93. The Kier molecular flexibility index (Phi) is 1.62. The molecule has 1 aromatic heterocycles. The van der Waals surface area contributed by atoms with Gasteiger partial charge in [-0.05, 0) is 0 Å². The summed E-state index contributed by atoms with van der Waals surface area (Å²) in [6.45, 7) is 1.97. The molecule has 0 atom stereocenters. The van der Waals surface area contributed by atoms with Crippen LogP contribution in [0.25, 0.3) is 0 Å². The second-order valence-electron chi connectivity index (χ2n) is 1.49. The van der Waals surface area contributed by atoms with Gasteiger partial charge in [-0.15, -0.1) is 0 Å². The molecule has 3 heteroatoms. The van der Waals surface area contributed by atoms with Crippen LogP contribution in [0, 0.1) is 0 Å². The van der Waals surface area contributed by atoms with Crippen molar-refractivity contribution in [3.63, 3.8) is 0 Å². The van der Waals surface area contributed by atoms with Gasteiger partial charge in [-0.25, -0.2) is 0 Å². The van der Waals surface area contributed by atoms with Gasteiger partial charge >= 0.3 is 48.2 Å². The number of nitrogens with one attached hydrogen (secondary N) is 1. The zero-order valence-corrected chi connectivity index (χ0v) is 4.76. The molecule has 1 N–H and O–H groups in total. The zero-order chi connectivity index (χ0) is 5.82. The summed E-state index contributed by atoms with van der Waals surface area (Å²) in [5, 5.41) is 2.96. The fourth-order valence-electron chi connectivity index (χ4n) is 0.511. The second kappa shape index (κ2) is 2.45. The third-order valence-corrected chi connectivity index (χ3v) is 0.950. The monoisotopic (exact) mass is 106 g/mol. The number of anilines is 1. The van der Waals surface area contributed by atoms with Crippen LogP contribution in [0.1, 0.15) is 0 Å². The molecule has 0 unspecified atom stereocenters. The SMILES string of the molecule is CNc1bccnc1. The van der Waals surface area contributed by atoms with E-state index in [0.717, 1.165) is 5.58 Å². The molecule has 8 heavy (non-hydrogen) atoms. The van der Waals surface area contributed by atoms with Crippen LogP contribution in [0.15, 0.2) is 18.4 Å². The van der Waals surface area contributed by atoms with E-state index in [-0.39, 0.29) is 0 Å². The van der Waals surface area contributed by atoms with Gasteiger partial charge in [0.2, 0.25) is 0 Å². The average Bonchev–Trinajstić information content (AvgIpc) is 1.90. The van der Waals surface area contributed by atoms with Gasteiger partial charge in [0, 0.05) is 0 Å². The molecule has 0 aliphatic heterocycles. The molecule has 1 rings (SSSR count). The van der Waals surface area contributed by atoms with Crippen molar-refractivity contribution >= 4 is 12.5 Å². The van der Waals surface area contributed by atoms with Gasteiger partial charge in [-0.1, -0.05) is 0 Å². The molecular weight excluding hydrogens is 98.9 g/mol. The van der Waals surface area contributed by atoms with E-state index in [1.807, 2.05) is 19.9 Å². The van der Waals surface area contributed by atoms with Crippen LogP contribution in [-0.2, 0) is 0 Å². The maximum absolute atomic E-state index is 3.89. The van der Waals surface area contributed by atoms with Crippen LogP contribution in [-0.4, -0.2) is 18.9 Å². The quantitative estimate of drug-likeness (QED) is 0.562. The van der Waals surface area contributed by atoms with Gasteiger partial charge in [0.25, 0.3) is 0 Å². The third-order valence-electron chi connectivity index (χ3n) is 0.950. The Bertz CT molecular complexity index is 152. The number of nitrogens with zero attached hydrogens (tertiary/aromatic N) is 1. The Hall–Kier alpha value is -0.855. The Labute approximate surface area is 49.2 Å². The minimum absolute atomic E-state index is 1.05. The number of hydrogen-bond donors (Lipinski definition) is 1. The normalized spacial score (nSPS) is 8.12. The Balaban J connectivity index is 2.83. The van der Waals surface area contributed by atoms with Crippen molar-refractivity contribution < 1.29 is 0 Å². The van der Waals surface area contributed by atoms with Gasteiger partial charge in [0.15, 0.2) is 0 Å². The predicted octanol–water partition coefficient (Wildman–Crippen LogP) is 0.461. The summed E-state index contributed by atoms with van der Waals surface area (Å²) < 4.78 is 0. The van der Waals surface area contributed by atoms with Crippen LogP contribution >= 0.6 is 0 Å². The van der Waals surface area contributed by atoms with Crippen molar-refractivity contribution in [3.05, 3.63) is 18.4 Å². The van der Waals surface area contributed by atoms with Gasteiger partial charge in [0.1, 0.15) is 0 Å². The first-order valence-corrected chi connectivity index (χ1v) is 2.51. The zero-order valence-electron chi connectivity index (χ0n) is 4.76. The topological polar surface area (TPSA) is 24.9 Å². The van der Waals surface area contributed by atoms with E-state index in [1.54, 1.807) is 12.4 Å². The molecule has 0 spiro atoms. The van der Waals surface area contributed by atoms with Crippen molar-refractivity contribution in [2.75, 3.05) is 12.4 Å². The molecule has 0 aliphatic carbocycles. The molecular formula is C5H7BN2. The summed E-state index contributed by atoms with van der Waals surface area (Å²) in [4.78, 5) is 3.89. The Morgan fingerprint density at radius 2 is 2.62 bits per heavy atom. The molecule has 0 fully saturated rings. The summed E-state index contributed by atoms with van der Waals surface area (Å²) >= 11 is 0. The summed E-state index contributed by atoms with van der Waals surface area (Å²) in [5.41, 5.74) is 1.05. The summed E-state index contributed by atoms with van der Waals surface area (Å²) in [7, 11) is 1.87. The molecule has 0 aromatic carbocycles. The molecule has 2 nitrogen and oxygen atoms in total. The molecule has 40 valence electrons. The molecule has 0 saturated carbocycles. The number of aromatic nitrogens is 1. The van der Waals surface area contributed by atoms with Crippen molar-refractivity contribution in [1.82, 2.24) is 4.98 Å². The first-order valence-electron chi connectivity index (χ1n) is 2.51. The van der Waals surface area contributed by atoms with Crippen molar-refractivity contribution in [1.29, 1.82) is 0 Å². The average molecular weight is 106 g/mol.